The first-order valence-electron chi connectivity index (χ1n) is 8.15. The van der Waals surface area contributed by atoms with E-state index >= 15 is 0 Å². The van der Waals surface area contributed by atoms with Gasteiger partial charge in [-0.1, -0.05) is 6.92 Å². The van der Waals surface area contributed by atoms with E-state index in [-0.39, 0.29) is 5.91 Å². The summed E-state index contributed by atoms with van der Waals surface area (Å²) < 4.78 is 10.4. The van der Waals surface area contributed by atoms with E-state index in [1.165, 1.54) is 23.3 Å². The minimum Gasteiger partial charge on any atom is -0.493 e. The average Bonchev–Trinajstić information content (AvgIpc) is 2.96. The van der Waals surface area contributed by atoms with Crippen molar-refractivity contribution < 1.29 is 14.3 Å². The molecule has 25 heavy (non-hydrogen) atoms. The van der Waals surface area contributed by atoms with Crippen LogP contribution in [0.5, 0.6) is 11.5 Å². The number of methoxy groups -OCH3 is 2. The summed E-state index contributed by atoms with van der Waals surface area (Å²) in [6.07, 6.45) is 3.00. The van der Waals surface area contributed by atoms with Gasteiger partial charge in [0.1, 0.15) is 11.1 Å². The van der Waals surface area contributed by atoms with Crippen molar-refractivity contribution in [2.75, 3.05) is 19.5 Å². The molecule has 0 spiro atoms. The fraction of sp³-hybridized carbons (Fsp3) is 0.368. The molecule has 0 fully saturated rings. The van der Waals surface area contributed by atoms with Gasteiger partial charge in [-0.3, -0.25) is 4.79 Å². The van der Waals surface area contributed by atoms with Crippen molar-refractivity contribution in [2.24, 2.45) is 5.92 Å². The maximum atomic E-state index is 12.6. The van der Waals surface area contributed by atoms with Crippen LogP contribution in [0, 0.1) is 17.2 Å². The highest BCUT2D eigenvalue weighted by molar-refractivity contribution is 7.16. The Labute approximate surface area is 151 Å². The number of nitrogens with zero attached hydrogens (tertiary/aromatic N) is 1. The molecule has 3 rings (SSSR count). The summed E-state index contributed by atoms with van der Waals surface area (Å²) in [4.78, 5) is 13.8. The first kappa shape index (κ1) is 17.3. The number of rotatable bonds is 4. The van der Waals surface area contributed by atoms with Gasteiger partial charge >= 0.3 is 0 Å². The predicted molar refractivity (Wildman–Crippen MR) is 97.7 cm³/mol. The number of anilines is 1. The van der Waals surface area contributed by atoms with E-state index in [0.717, 1.165) is 24.8 Å². The Balaban J connectivity index is 1.88. The molecule has 1 heterocycles. The van der Waals surface area contributed by atoms with Gasteiger partial charge in [-0.2, -0.15) is 5.26 Å². The zero-order chi connectivity index (χ0) is 18.0. The van der Waals surface area contributed by atoms with E-state index in [1.807, 2.05) is 0 Å². The molecular formula is C19H20N2O3S. The van der Waals surface area contributed by atoms with Gasteiger partial charge in [0.15, 0.2) is 11.5 Å². The summed E-state index contributed by atoms with van der Waals surface area (Å²) in [6, 6.07) is 7.28. The molecule has 1 aromatic carbocycles. The van der Waals surface area contributed by atoms with Crippen molar-refractivity contribution >= 4 is 22.2 Å². The summed E-state index contributed by atoms with van der Waals surface area (Å²) in [5.74, 6) is 1.37. The summed E-state index contributed by atoms with van der Waals surface area (Å²) >= 11 is 1.52. The molecule has 1 N–H and O–H groups in total. The van der Waals surface area contributed by atoms with Crippen LogP contribution >= 0.6 is 11.3 Å². The number of hydrogen-bond acceptors (Lipinski definition) is 5. The standard InChI is InChI=1S/C19H20N2O3S/c1-11-4-7-17-13(8-11)14(10-20)19(25-17)21-18(22)12-5-6-15(23-2)16(9-12)24-3/h5-6,9,11H,4,7-8H2,1-3H3,(H,21,22)/t11-/m0/s1. The minimum atomic E-state index is -0.260. The Morgan fingerprint density at radius 1 is 1.32 bits per heavy atom. The molecule has 0 radical (unpaired) electrons. The summed E-state index contributed by atoms with van der Waals surface area (Å²) in [7, 11) is 3.08. The van der Waals surface area contributed by atoms with Gasteiger partial charge < -0.3 is 14.8 Å². The maximum Gasteiger partial charge on any atom is 0.256 e. The fourth-order valence-electron chi connectivity index (χ4n) is 3.12. The molecule has 1 aliphatic rings. The molecule has 0 saturated carbocycles. The molecule has 0 unspecified atom stereocenters. The van der Waals surface area contributed by atoms with Crippen LogP contribution in [0.1, 0.15) is 39.7 Å². The molecular weight excluding hydrogens is 336 g/mol. The van der Waals surface area contributed by atoms with Crippen LogP contribution in [0.2, 0.25) is 0 Å². The Kier molecular flexibility index (Phi) is 4.95. The van der Waals surface area contributed by atoms with Crippen LogP contribution in [-0.4, -0.2) is 20.1 Å². The van der Waals surface area contributed by atoms with E-state index < -0.39 is 0 Å². The number of benzene rings is 1. The molecule has 0 saturated heterocycles. The molecule has 0 bridgehead atoms. The number of ether oxygens (including phenoxy) is 2. The minimum absolute atomic E-state index is 0.260. The van der Waals surface area contributed by atoms with Gasteiger partial charge in [0.2, 0.25) is 0 Å². The Morgan fingerprint density at radius 2 is 2.08 bits per heavy atom. The van der Waals surface area contributed by atoms with Crippen molar-refractivity contribution in [3.8, 4) is 17.6 Å². The number of hydrogen-bond donors (Lipinski definition) is 1. The molecule has 2 aromatic rings. The molecule has 130 valence electrons. The number of aryl methyl sites for hydroxylation is 1. The largest absolute Gasteiger partial charge is 0.493 e. The Bertz CT molecular complexity index is 851. The molecule has 5 nitrogen and oxygen atoms in total. The average molecular weight is 356 g/mol. The van der Waals surface area contributed by atoms with Gasteiger partial charge in [0.25, 0.3) is 5.91 Å². The topological polar surface area (TPSA) is 71.3 Å². The molecule has 1 amide bonds. The van der Waals surface area contributed by atoms with Crippen molar-refractivity contribution in [1.29, 1.82) is 5.26 Å². The van der Waals surface area contributed by atoms with Crippen LogP contribution in [-0.2, 0) is 12.8 Å². The van der Waals surface area contributed by atoms with Gasteiger partial charge in [-0.15, -0.1) is 11.3 Å². The highest BCUT2D eigenvalue weighted by Crippen LogP contribution is 2.39. The Hall–Kier alpha value is -2.52. The number of nitriles is 1. The van der Waals surface area contributed by atoms with Gasteiger partial charge in [0.05, 0.1) is 19.8 Å². The lowest BCUT2D eigenvalue weighted by Crippen LogP contribution is -2.12. The summed E-state index contributed by atoms with van der Waals surface area (Å²) in [5, 5.41) is 13.1. The number of fused-ring (bicyclic) bond motifs is 1. The predicted octanol–water partition coefficient (Wildman–Crippen LogP) is 4.01. The molecule has 6 heteroatoms. The smallest absolute Gasteiger partial charge is 0.256 e. The lowest BCUT2D eigenvalue weighted by atomic mass is 9.88. The summed E-state index contributed by atoms with van der Waals surface area (Å²) in [5.41, 5.74) is 2.18. The fourth-order valence-corrected chi connectivity index (χ4v) is 4.31. The maximum absolute atomic E-state index is 12.6. The third kappa shape index (κ3) is 3.33. The third-order valence-electron chi connectivity index (χ3n) is 4.49. The lowest BCUT2D eigenvalue weighted by Gasteiger charge is -2.17. The van der Waals surface area contributed by atoms with Crippen molar-refractivity contribution in [3.63, 3.8) is 0 Å². The monoisotopic (exact) mass is 356 g/mol. The van der Waals surface area contributed by atoms with E-state index in [9.17, 15) is 10.1 Å². The molecule has 0 aliphatic heterocycles. The Morgan fingerprint density at radius 3 is 2.76 bits per heavy atom. The lowest BCUT2D eigenvalue weighted by molar-refractivity contribution is 0.102. The molecule has 1 aliphatic carbocycles. The van der Waals surface area contributed by atoms with Crippen LogP contribution in [0.4, 0.5) is 5.00 Å². The van der Waals surface area contributed by atoms with Crippen molar-refractivity contribution in [3.05, 3.63) is 39.8 Å². The van der Waals surface area contributed by atoms with Crippen molar-refractivity contribution in [2.45, 2.75) is 26.2 Å². The summed E-state index contributed by atoms with van der Waals surface area (Å²) in [6.45, 7) is 2.20. The number of nitrogens with one attached hydrogen (secondary N) is 1. The molecule has 1 atom stereocenters. The normalized spacial score (nSPS) is 15.8. The van der Waals surface area contributed by atoms with E-state index in [4.69, 9.17) is 9.47 Å². The first-order valence-corrected chi connectivity index (χ1v) is 8.97. The van der Waals surface area contributed by atoms with Crippen LogP contribution in [0.25, 0.3) is 0 Å². The highest BCUT2D eigenvalue weighted by atomic mass is 32.1. The second-order valence-electron chi connectivity index (χ2n) is 6.19. The highest BCUT2D eigenvalue weighted by Gasteiger charge is 2.25. The van der Waals surface area contributed by atoms with Gasteiger partial charge in [0, 0.05) is 10.4 Å². The quantitative estimate of drug-likeness (QED) is 0.898. The van der Waals surface area contributed by atoms with Gasteiger partial charge in [-0.05, 0) is 48.9 Å². The zero-order valence-corrected chi connectivity index (χ0v) is 15.3. The first-order chi connectivity index (χ1) is 12.1. The SMILES string of the molecule is COc1ccc(C(=O)Nc2sc3c(c2C#N)C[C@@H](C)CC3)cc1OC. The second kappa shape index (κ2) is 7.16. The number of carbonyl (C=O) groups excluding carboxylic acids is 1. The number of carbonyl (C=O) groups is 1. The van der Waals surface area contributed by atoms with E-state index in [1.54, 1.807) is 25.3 Å². The molecule has 1 aromatic heterocycles. The second-order valence-corrected chi connectivity index (χ2v) is 7.30. The van der Waals surface area contributed by atoms with E-state index in [2.05, 4.69) is 18.3 Å². The third-order valence-corrected chi connectivity index (χ3v) is 5.70. The zero-order valence-electron chi connectivity index (χ0n) is 14.5. The van der Waals surface area contributed by atoms with Crippen LogP contribution < -0.4 is 14.8 Å². The van der Waals surface area contributed by atoms with Gasteiger partial charge in [-0.25, -0.2) is 0 Å². The van der Waals surface area contributed by atoms with Crippen molar-refractivity contribution in [1.82, 2.24) is 0 Å². The number of amides is 1. The number of thiophene rings is 1. The van der Waals surface area contributed by atoms with E-state index in [0.29, 0.717) is 33.5 Å². The van der Waals surface area contributed by atoms with Crippen LogP contribution in [0.3, 0.4) is 0 Å². The van der Waals surface area contributed by atoms with Crippen LogP contribution in [0.15, 0.2) is 18.2 Å².